The molecule has 0 aromatic heterocycles. The van der Waals surface area contributed by atoms with Crippen LogP contribution in [-0.4, -0.2) is 18.5 Å². The van der Waals surface area contributed by atoms with Crippen molar-refractivity contribution in [2.24, 2.45) is 5.16 Å². The molecule has 11 heavy (non-hydrogen) atoms. The molecule has 0 aromatic rings. The smallest absolute Gasteiger partial charge is 0.595 e. The molecule has 0 rings (SSSR count). The molecule has 0 N–H and O–H groups in total. The monoisotopic (exact) mass is 186 g/mol. The number of rotatable bonds is 4. The van der Waals surface area contributed by atoms with E-state index in [0.717, 1.165) is 0 Å². The quantitative estimate of drug-likeness (QED) is 0.211. The van der Waals surface area contributed by atoms with Crippen molar-refractivity contribution < 1.29 is 43.9 Å². The summed E-state index contributed by atoms with van der Waals surface area (Å²) in [6, 6.07) is 0. The minimum Gasteiger partial charge on any atom is -0.595 e. The van der Waals surface area contributed by atoms with E-state index in [1.807, 2.05) is 0 Å². The number of hydrogen-bond donors (Lipinski definition) is 0. The first-order valence-corrected chi connectivity index (χ1v) is 4.30. The summed E-state index contributed by atoms with van der Waals surface area (Å²) in [6.45, 7) is 3.86. The Morgan fingerprint density at radius 3 is 2.64 bits per heavy atom. The van der Waals surface area contributed by atoms with E-state index >= 15 is 0 Å². The van der Waals surface area contributed by atoms with E-state index in [1.165, 1.54) is 0 Å². The largest absolute Gasteiger partial charge is 1.00 e. The molecule has 6 heteroatoms. The Kier molecular flexibility index (Phi) is 11.0. The van der Waals surface area contributed by atoms with E-state index in [-0.39, 0.29) is 35.7 Å². The SMILES string of the molecule is CCO/N=C(/C)C[P+](=O)[O-].[Na+]. The summed E-state index contributed by atoms with van der Waals surface area (Å²) >= 11 is 0. The maximum atomic E-state index is 10.1. The second-order valence-corrected chi connectivity index (χ2v) is 2.72. The van der Waals surface area contributed by atoms with Crippen molar-refractivity contribution in [1.29, 1.82) is 0 Å². The maximum Gasteiger partial charge on any atom is 1.00 e. The summed E-state index contributed by atoms with van der Waals surface area (Å²) < 4.78 is 10.1. The van der Waals surface area contributed by atoms with Crippen molar-refractivity contribution in [1.82, 2.24) is 0 Å². The Morgan fingerprint density at radius 1 is 1.73 bits per heavy atom. The van der Waals surface area contributed by atoms with Crippen LogP contribution in [0.4, 0.5) is 0 Å². The normalized spacial score (nSPS) is 11.9. The van der Waals surface area contributed by atoms with Gasteiger partial charge in [0.15, 0.2) is 6.16 Å². The second-order valence-electron chi connectivity index (χ2n) is 1.74. The molecule has 4 nitrogen and oxygen atoms in total. The first kappa shape index (κ1) is 14.1. The van der Waals surface area contributed by atoms with Gasteiger partial charge in [0.2, 0.25) is 0 Å². The average Bonchev–Trinajstić information content (AvgIpc) is 1.82. The third-order valence-corrected chi connectivity index (χ3v) is 1.42. The number of oxime groups is 1. The summed E-state index contributed by atoms with van der Waals surface area (Å²) in [5, 5.41) is 3.52. The molecule has 0 aliphatic carbocycles. The number of nitrogens with zero attached hydrogens (tertiary/aromatic N) is 1. The molecule has 0 radical (unpaired) electrons. The Hall–Kier alpha value is 0.530. The molecule has 0 saturated carbocycles. The minimum atomic E-state index is -2.37. The standard InChI is InChI=1S/C5H10NO3P.Na/c1-3-9-6-5(2)4-10(7)8;/h3-4H2,1-2H3;/q;+1/b6-5-;. The summed E-state index contributed by atoms with van der Waals surface area (Å²) in [5.41, 5.74) is 0.484. The third kappa shape index (κ3) is 10.5. The van der Waals surface area contributed by atoms with Crippen LogP contribution in [0.25, 0.3) is 0 Å². The third-order valence-electron chi connectivity index (χ3n) is 0.707. The van der Waals surface area contributed by atoms with Crippen molar-refractivity contribution in [3.8, 4) is 0 Å². The van der Waals surface area contributed by atoms with Crippen LogP contribution < -0.4 is 34.5 Å². The molecule has 0 aromatic carbocycles. The molecule has 0 fully saturated rings. The van der Waals surface area contributed by atoms with Gasteiger partial charge in [-0.05, 0) is 13.8 Å². The van der Waals surface area contributed by atoms with Crippen molar-refractivity contribution in [3.63, 3.8) is 0 Å². The van der Waals surface area contributed by atoms with E-state index in [1.54, 1.807) is 13.8 Å². The fourth-order valence-electron chi connectivity index (χ4n) is 0.390. The molecule has 1 unspecified atom stereocenters. The first-order chi connectivity index (χ1) is 4.66. The van der Waals surface area contributed by atoms with Crippen LogP contribution in [0.1, 0.15) is 13.8 Å². The van der Waals surface area contributed by atoms with Crippen LogP contribution in [0.5, 0.6) is 0 Å². The van der Waals surface area contributed by atoms with Gasteiger partial charge in [-0.2, -0.15) is 0 Å². The van der Waals surface area contributed by atoms with E-state index in [2.05, 4.69) is 9.99 Å². The van der Waals surface area contributed by atoms with E-state index < -0.39 is 8.03 Å². The van der Waals surface area contributed by atoms with Crippen LogP contribution in [0.3, 0.4) is 0 Å². The predicted octanol–water partition coefficient (Wildman–Crippen LogP) is -2.49. The Bertz CT molecular complexity index is 151. The van der Waals surface area contributed by atoms with Crippen LogP contribution >= 0.6 is 8.03 Å². The molecule has 0 aliphatic heterocycles. The molecule has 0 heterocycles. The zero-order chi connectivity index (χ0) is 7.98. The zero-order valence-electron chi connectivity index (χ0n) is 7.03. The summed E-state index contributed by atoms with van der Waals surface area (Å²) in [4.78, 5) is 14.7. The van der Waals surface area contributed by atoms with Crippen LogP contribution in [0.2, 0.25) is 0 Å². The Balaban J connectivity index is 0. The van der Waals surface area contributed by atoms with Crippen LogP contribution in [0.15, 0.2) is 5.16 Å². The van der Waals surface area contributed by atoms with Crippen molar-refractivity contribution in [3.05, 3.63) is 0 Å². The molecule has 0 amide bonds. The topological polar surface area (TPSA) is 61.7 Å². The summed E-state index contributed by atoms with van der Waals surface area (Å²) in [7, 11) is -2.37. The Labute approximate surface area is 89.2 Å². The van der Waals surface area contributed by atoms with Gasteiger partial charge in [0, 0.05) is 0 Å². The molecule has 0 bridgehead atoms. The fraction of sp³-hybridized carbons (Fsp3) is 0.800. The van der Waals surface area contributed by atoms with Crippen LogP contribution in [-0.2, 0) is 9.40 Å². The average molecular weight is 186 g/mol. The minimum absolute atomic E-state index is 0. The molecular weight excluding hydrogens is 176 g/mol. The summed E-state index contributed by atoms with van der Waals surface area (Å²) in [5.74, 6) is 0. The zero-order valence-corrected chi connectivity index (χ0v) is 9.93. The van der Waals surface area contributed by atoms with Gasteiger partial charge in [-0.25, -0.2) is 0 Å². The van der Waals surface area contributed by atoms with E-state index in [9.17, 15) is 9.46 Å². The molecule has 58 valence electrons. The van der Waals surface area contributed by atoms with Crippen molar-refractivity contribution >= 4 is 13.7 Å². The van der Waals surface area contributed by atoms with Crippen molar-refractivity contribution in [2.75, 3.05) is 12.8 Å². The Morgan fingerprint density at radius 2 is 2.27 bits per heavy atom. The van der Waals surface area contributed by atoms with Gasteiger partial charge in [0.25, 0.3) is 0 Å². The van der Waals surface area contributed by atoms with Gasteiger partial charge < -0.3 is 9.73 Å². The van der Waals surface area contributed by atoms with Gasteiger partial charge in [-0.15, -0.1) is 0 Å². The maximum absolute atomic E-state index is 10.1. The fourth-order valence-corrected chi connectivity index (χ4v) is 0.822. The van der Waals surface area contributed by atoms with E-state index in [0.29, 0.717) is 12.3 Å². The first-order valence-electron chi connectivity index (χ1n) is 2.94. The molecule has 0 spiro atoms. The molecule has 0 saturated heterocycles. The van der Waals surface area contributed by atoms with Gasteiger partial charge >= 0.3 is 37.6 Å². The van der Waals surface area contributed by atoms with Gasteiger partial charge in [-0.3, -0.25) is 0 Å². The predicted molar refractivity (Wildman–Crippen MR) is 37.2 cm³/mol. The van der Waals surface area contributed by atoms with Gasteiger partial charge in [-0.1, -0.05) is 9.72 Å². The van der Waals surface area contributed by atoms with Crippen molar-refractivity contribution in [2.45, 2.75) is 13.8 Å². The molecule has 0 aliphatic rings. The van der Waals surface area contributed by atoms with Gasteiger partial charge in [0.1, 0.15) is 12.3 Å². The van der Waals surface area contributed by atoms with E-state index in [4.69, 9.17) is 0 Å². The second kappa shape index (κ2) is 8.62. The number of hydrogen-bond acceptors (Lipinski definition) is 4. The molecule has 1 atom stereocenters. The summed E-state index contributed by atoms with van der Waals surface area (Å²) in [6.07, 6.45) is -0.0185. The molecular formula is C5H10NNaO3P+. The van der Waals surface area contributed by atoms with Crippen LogP contribution in [0, 0.1) is 0 Å². The van der Waals surface area contributed by atoms with Gasteiger partial charge in [0.05, 0.1) is 0 Å².